The first-order valence-electron chi connectivity index (χ1n) is 8.95. The number of nitrogens with one attached hydrogen (secondary N) is 1. The van der Waals surface area contributed by atoms with Crippen molar-refractivity contribution in [3.63, 3.8) is 0 Å². The molecule has 2 unspecified atom stereocenters. The molecule has 1 saturated carbocycles. The second-order valence-electron chi connectivity index (χ2n) is 7.51. The molecule has 0 saturated heterocycles. The minimum absolute atomic E-state index is 0.0345. The molecule has 1 aromatic heterocycles. The molecule has 10 heteroatoms. The summed E-state index contributed by atoms with van der Waals surface area (Å²) in [4.78, 5) is 34.3. The summed E-state index contributed by atoms with van der Waals surface area (Å²) < 4.78 is 30.4. The zero-order chi connectivity index (χ0) is 20.9. The lowest BCUT2D eigenvalue weighted by atomic mass is 9.80. The van der Waals surface area contributed by atoms with Crippen molar-refractivity contribution in [2.75, 3.05) is 25.5 Å². The number of hydrogen-bond donors (Lipinski definition) is 1. The van der Waals surface area contributed by atoms with Gasteiger partial charge in [-0.3, -0.25) is 14.3 Å². The number of anilines is 1. The molecule has 0 spiro atoms. The summed E-state index contributed by atoms with van der Waals surface area (Å²) in [6, 6.07) is 1.45. The highest BCUT2D eigenvalue weighted by atomic mass is 32.2. The van der Waals surface area contributed by atoms with Gasteiger partial charge < -0.3 is 14.2 Å². The monoisotopic (exact) mass is 413 g/mol. The van der Waals surface area contributed by atoms with E-state index in [-0.39, 0.29) is 29.9 Å². The molecule has 2 atom stereocenters. The Labute approximate surface area is 167 Å². The topological polar surface area (TPSA) is 117 Å². The summed E-state index contributed by atoms with van der Waals surface area (Å²) in [6.45, 7) is 5.20. The highest BCUT2D eigenvalue weighted by Gasteiger charge is 2.52. The Morgan fingerprint density at radius 3 is 2.46 bits per heavy atom. The Balaban J connectivity index is 2.47. The molecule has 0 aliphatic heterocycles. The molecule has 2 rings (SSSR count). The minimum Gasteiger partial charge on any atom is -0.468 e. The molecule has 0 aromatic carbocycles. The second-order valence-corrected chi connectivity index (χ2v) is 8.97. The van der Waals surface area contributed by atoms with E-state index in [4.69, 9.17) is 14.2 Å². The molecule has 1 fully saturated rings. The maximum Gasteiger partial charge on any atom is 0.330 e. The fourth-order valence-electron chi connectivity index (χ4n) is 2.52. The van der Waals surface area contributed by atoms with Crippen LogP contribution >= 0.6 is 0 Å². The van der Waals surface area contributed by atoms with E-state index in [0.29, 0.717) is 0 Å². The van der Waals surface area contributed by atoms with Gasteiger partial charge in [0.1, 0.15) is 16.6 Å². The molecule has 1 N–H and O–H groups in total. The van der Waals surface area contributed by atoms with Gasteiger partial charge >= 0.3 is 11.9 Å². The van der Waals surface area contributed by atoms with Crippen molar-refractivity contribution < 1.29 is 28.0 Å². The van der Waals surface area contributed by atoms with Crippen molar-refractivity contribution in [2.24, 2.45) is 0 Å². The Morgan fingerprint density at radius 2 is 1.93 bits per heavy atom. The number of carbonyl (C=O) groups excluding carboxylic acids is 2. The maximum absolute atomic E-state index is 13.1. The third kappa shape index (κ3) is 5.26. The van der Waals surface area contributed by atoms with E-state index < -0.39 is 33.9 Å². The fourth-order valence-corrected chi connectivity index (χ4v) is 3.53. The summed E-state index contributed by atoms with van der Waals surface area (Å²) >= 11 is 0. The van der Waals surface area contributed by atoms with Crippen LogP contribution in [0.5, 0.6) is 0 Å². The van der Waals surface area contributed by atoms with E-state index in [1.165, 1.54) is 26.5 Å². The van der Waals surface area contributed by atoms with Crippen molar-refractivity contribution in [1.29, 1.82) is 0 Å². The number of nitrogens with zero attached hydrogens (tertiary/aromatic N) is 2. The summed E-state index contributed by atoms with van der Waals surface area (Å²) in [5, 5.41) is 0.0666. The third-order valence-corrected chi connectivity index (χ3v) is 5.53. The van der Waals surface area contributed by atoms with Crippen LogP contribution in [-0.2, 0) is 40.2 Å². The zero-order valence-electron chi connectivity index (χ0n) is 16.8. The van der Waals surface area contributed by atoms with Gasteiger partial charge in [-0.1, -0.05) is 0 Å². The predicted molar refractivity (Wildman–Crippen MR) is 103 cm³/mol. The Kier molecular flexibility index (Phi) is 7.11. The summed E-state index contributed by atoms with van der Waals surface area (Å²) in [7, 11) is 1.33. The number of rotatable bonds is 9. The van der Waals surface area contributed by atoms with Gasteiger partial charge in [0.25, 0.3) is 0 Å². The van der Waals surface area contributed by atoms with Gasteiger partial charge in [-0.05, 0) is 39.7 Å². The van der Waals surface area contributed by atoms with Crippen LogP contribution in [0.4, 0.5) is 5.95 Å². The lowest BCUT2D eigenvalue weighted by molar-refractivity contribution is -0.172. The van der Waals surface area contributed by atoms with Crippen molar-refractivity contribution >= 4 is 28.9 Å². The highest BCUT2D eigenvalue weighted by molar-refractivity contribution is 7.87. The first-order chi connectivity index (χ1) is 13.1. The third-order valence-electron chi connectivity index (χ3n) is 4.07. The fraction of sp³-hybridized carbons (Fsp3) is 0.667. The van der Waals surface area contributed by atoms with Gasteiger partial charge in [-0.15, -0.1) is 0 Å². The maximum atomic E-state index is 13.1. The van der Waals surface area contributed by atoms with Crippen molar-refractivity contribution in [1.82, 2.24) is 9.97 Å². The van der Waals surface area contributed by atoms with E-state index in [0.717, 1.165) is 12.8 Å². The van der Waals surface area contributed by atoms with Crippen molar-refractivity contribution in [2.45, 2.75) is 56.3 Å². The summed E-state index contributed by atoms with van der Waals surface area (Å²) in [6.07, 6.45) is 3.10. The van der Waals surface area contributed by atoms with Gasteiger partial charge in [0.15, 0.2) is 0 Å². The molecular formula is C18H27N3O6S. The SMILES string of the molecule is COCCC(C(=O)OC)(C(=O)OC(C)(C)C)c1ccnc(NS(=O)C2CC2)n1. The average Bonchev–Trinajstić information content (AvgIpc) is 3.46. The smallest absolute Gasteiger partial charge is 0.330 e. The number of carbonyl (C=O) groups is 2. The van der Waals surface area contributed by atoms with Gasteiger partial charge in [-0.2, -0.15) is 0 Å². The molecule has 28 heavy (non-hydrogen) atoms. The van der Waals surface area contributed by atoms with Crippen LogP contribution in [0.2, 0.25) is 0 Å². The van der Waals surface area contributed by atoms with E-state index in [2.05, 4.69) is 14.7 Å². The molecule has 0 bridgehead atoms. The molecule has 0 radical (unpaired) electrons. The van der Waals surface area contributed by atoms with Gasteiger partial charge in [-0.25, -0.2) is 14.2 Å². The molecule has 1 heterocycles. The van der Waals surface area contributed by atoms with Crippen LogP contribution in [0.3, 0.4) is 0 Å². The number of aromatic nitrogens is 2. The van der Waals surface area contributed by atoms with E-state index >= 15 is 0 Å². The van der Waals surface area contributed by atoms with Gasteiger partial charge in [0.05, 0.1) is 18.1 Å². The standard InChI is InChI=1S/C18H27N3O6S/c1-17(2,3)27-15(23)18(9-11-25-4,14(22)26-5)13-8-10-19-16(20-13)21-28(24)12-6-7-12/h8,10,12H,6-7,9,11H2,1-5H3,(H,19,20,21). The zero-order valence-corrected chi connectivity index (χ0v) is 17.6. The van der Waals surface area contributed by atoms with E-state index in [1.807, 2.05) is 0 Å². The minimum atomic E-state index is -1.83. The van der Waals surface area contributed by atoms with Crippen molar-refractivity contribution in [3.05, 3.63) is 18.0 Å². The molecule has 1 aliphatic rings. The van der Waals surface area contributed by atoms with Crippen LogP contribution in [0, 0.1) is 0 Å². The van der Waals surface area contributed by atoms with Crippen LogP contribution in [0.1, 0.15) is 45.7 Å². The number of methoxy groups -OCH3 is 2. The van der Waals surface area contributed by atoms with Crippen LogP contribution in [0.15, 0.2) is 12.3 Å². The normalized spacial score (nSPS) is 17.3. The largest absolute Gasteiger partial charge is 0.468 e. The molecule has 0 amide bonds. The van der Waals surface area contributed by atoms with Crippen molar-refractivity contribution in [3.8, 4) is 0 Å². The Hall–Kier alpha value is -2.07. The number of ether oxygens (including phenoxy) is 3. The quantitative estimate of drug-likeness (QED) is 0.478. The lowest BCUT2D eigenvalue weighted by Gasteiger charge is -2.31. The molecular weight excluding hydrogens is 386 g/mol. The summed E-state index contributed by atoms with van der Waals surface area (Å²) in [5.74, 6) is -1.54. The molecule has 1 aliphatic carbocycles. The predicted octanol–water partition coefficient (Wildman–Crippen LogP) is 1.50. The molecule has 1 aromatic rings. The Bertz CT molecular complexity index is 747. The second kappa shape index (κ2) is 8.95. The van der Waals surface area contributed by atoms with Crippen LogP contribution in [0.25, 0.3) is 0 Å². The van der Waals surface area contributed by atoms with Gasteiger partial charge in [0, 0.05) is 26.3 Å². The number of esters is 2. The Morgan fingerprint density at radius 1 is 1.25 bits per heavy atom. The first-order valence-corrected chi connectivity index (χ1v) is 10.2. The first kappa shape index (κ1) is 22.2. The number of hydrogen-bond acceptors (Lipinski definition) is 8. The highest BCUT2D eigenvalue weighted by Crippen LogP contribution is 2.33. The van der Waals surface area contributed by atoms with Crippen LogP contribution < -0.4 is 4.72 Å². The van der Waals surface area contributed by atoms with Crippen LogP contribution in [-0.4, -0.2) is 57.8 Å². The average molecular weight is 413 g/mol. The lowest BCUT2D eigenvalue weighted by Crippen LogP contribution is -2.49. The molecule has 9 nitrogen and oxygen atoms in total. The van der Waals surface area contributed by atoms with E-state index in [1.54, 1.807) is 20.8 Å². The van der Waals surface area contributed by atoms with E-state index in [9.17, 15) is 13.8 Å². The molecule has 156 valence electrons. The van der Waals surface area contributed by atoms with Gasteiger partial charge in [0.2, 0.25) is 11.4 Å². The summed E-state index contributed by atoms with van der Waals surface area (Å²) in [5.41, 5.74) is -2.57.